The highest BCUT2D eigenvalue weighted by molar-refractivity contribution is 6.74. The van der Waals surface area contributed by atoms with E-state index in [1.54, 1.807) is 0 Å². The maximum Gasteiger partial charge on any atom is 0.192 e. The first-order valence-corrected chi connectivity index (χ1v) is 9.28. The van der Waals surface area contributed by atoms with Gasteiger partial charge in [0.05, 0.1) is 6.61 Å². The number of aryl methyl sites for hydroxylation is 1. The Morgan fingerprint density at radius 2 is 1.89 bits per heavy atom. The van der Waals surface area contributed by atoms with Crippen LogP contribution in [0.1, 0.15) is 36.7 Å². The van der Waals surface area contributed by atoms with Crippen LogP contribution in [0.3, 0.4) is 0 Å². The molecule has 0 aliphatic rings. The first kappa shape index (κ1) is 15.1. The second-order valence-corrected chi connectivity index (χ2v) is 11.2. The Labute approximate surface area is 111 Å². The highest BCUT2D eigenvalue weighted by atomic mass is 28.4. The molecule has 100 valence electrons. The second kappa shape index (κ2) is 5.37. The lowest BCUT2D eigenvalue weighted by atomic mass is 10.1. The number of benzene rings is 1. The summed E-state index contributed by atoms with van der Waals surface area (Å²) in [5.41, 5.74) is 1.85. The van der Waals surface area contributed by atoms with Gasteiger partial charge >= 0.3 is 0 Å². The molecule has 1 aromatic carbocycles. The topological polar surface area (TPSA) is 26.3 Å². The molecule has 0 amide bonds. The normalized spacial score (nSPS) is 12.6. The van der Waals surface area contributed by atoms with E-state index in [4.69, 9.17) is 4.43 Å². The highest BCUT2D eigenvalue weighted by Gasteiger charge is 2.37. The van der Waals surface area contributed by atoms with Crippen LogP contribution >= 0.6 is 0 Å². The third-order valence-corrected chi connectivity index (χ3v) is 8.19. The first-order chi connectivity index (χ1) is 8.13. The average Bonchev–Trinajstić information content (AvgIpc) is 2.24. The molecule has 1 aromatic rings. The third-order valence-electron chi connectivity index (χ3n) is 3.71. The van der Waals surface area contributed by atoms with Crippen LogP contribution in [0.5, 0.6) is 0 Å². The number of hydrogen-bond donors (Lipinski definition) is 0. The molecule has 18 heavy (non-hydrogen) atoms. The SMILES string of the molecule is Cc1cccc(C(=O)CO[Si](C)(C)C(C)(C)C)c1. The summed E-state index contributed by atoms with van der Waals surface area (Å²) >= 11 is 0. The van der Waals surface area contributed by atoms with E-state index in [1.807, 2.05) is 31.2 Å². The summed E-state index contributed by atoms with van der Waals surface area (Å²) in [7, 11) is -1.83. The van der Waals surface area contributed by atoms with Crippen molar-refractivity contribution in [2.45, 2.75) is 45.8 Å². The zero-order valence-electron chi connectivity index (χ0n) is 12.3. The molecule has 0 saturated carbocycles. The quantitative estimate of drug-likeness (QED) is 0.602. The van der Waals surface area contributed by atoms with Gasteiger partial charge in [-0.25, -0.2) is 0 Å². The lowest BCUT2D eigenvalue weighted by molar-refractivity contribution is 0.0911. The summed E-state index contributed by atoms with van der Waals surface area (Å²) in [5.74, 6) is 0.0727. The molecule has 1 rings (SSSR count). The smallest absolute Gasteiger partial charge is 0.192 e. The monoisotopic (exact) mass is 264 g/mol. The molecule has 0 atom stereocenters. The van der Waals surface area contributed by atoms with Gasteiger partial charge in [0.2, 0.25) is 0 Å². The third kappa shape index (κ3) is 3.78. The van der Waals surface area contributed by atoms with E-state index in [-0.39, 0.29) is 17.4 Å². The molecule has 0 bridgehead atoms. The Kier molecular flexibility index (Phi) is 4.51. The molecule has 0 aliphatic heterocycles. The lowest BCUT2D eigenvalue weighted by Gasteiger charge is -2.35. The summed E-state index contributed by atoms with van der Waals surface area (Å²) in [5, 5.41) is 0.139. The Morgan fingerprint density at radius 3 is 2.39 bits per heavy atom. The van der Waals surface area contributed by atoms with Crippen molar-refractivity contribution in [2.24, 2.45) is 0 Å². The van der Waals surface area contributed by atoms with E-state index >= 15 is 0 Å². The fraction of sp³-hybridized carbons (Fsp3) is 0.533. The molecule has 0 N–H and O–H groups in total. The van der Waals surface area contributed by atoms with E-state index in [2.05, 4.69) is 33.9 Å². The van der Waals surface area contributed by atoms with Gasteiger partial charge in [0.1, 0.15) is 0 Å². The Hall–Kier alpha value is -0.933. The molecule has 0 aliphatic carbocycles. The summed E-state index contributed by atoms with van der Waals surface area (Å²) in [6.45, 7) is 13.0. The van der Waals surface area contributed by atoms with Crippen LogP contribution in [-0.4, -0.2) is 20.7 Å². The Morgan fingerprint density at radius 1 is 1.28 bits per heavy atom. The molecule has 0 aromatic heterocycles. The summed E-state index contributed by atoms with van der Waals surface area (Å²) < 4.78 is 5.94. The number of Topliss-reactive ketones (excluding diaryl/α,β-unsaturated/α-hetero) is 1. The van der Waals surface area contributed by atoms with Crippen molar-refractivity contribution in [2.75, 3.05) is 6.61 Å². The molecular formula is C15H24O2Si. The van der Waals surface area contributed by atoms with Gasteiger partial charge in [-0.3, -0.25) is 4.79 Å². The van der Waals surface area contributed by atoms with Crippen molar-refractivity contribution in [1.29, 1.82) is 0 Å². The van der Waals surface area contributed by atoms with Crippen molar-refractivity contribution in [3.05, 3.63) is 35.4 Å². The molecule has 0 radical (unpaired) electrons. The van der Waals surface area contributed by atoms with Gasteiger partial charge in [-0.2, -0.15) is 0 Å². The van der Waals surface area contributed by atoms with E-state index in [9.17, 15) is 4.79 Å². The number of rotatable bonds is 4. The van der Waals surface area contributed by atoms with Gasteiger partial charge in [-0.15, -0.1) is 0 Å². The maximum atomic E-state index is 12.1. The molecule has 3 heteroatoms. The minimum atomic E-state index is -1.83. The fourth-order valence-electron chi connectivity index (χ4n) is 1.36. The minimum Gasteiger partial charge on any atom is -0.409 e. The summed E-state index contributed by atoms with van der Waals surface area (Å²) in [4.78, 5) is 12.1. The van der Waals surface area contributed by atoms with Crippen molar-refractivity contribution < 1.29 is 9.22 Å². The van der Waals surface area contributed by atoms with Crippen LogP contribution in [0.15, 0.2) is 24.3 Å². The van der Waals surface area contributed by atoms with Gasteiger partial charge in [0.25, 0.3) is 0 Å². The molecule has 0 unspecified atom stereocenters. The van der Waals surface area contributed by atoms with E-state index < -0.39 is 8.32 Å². The van der Waals surface area contributed by atoms with Crippen molar-refractivity contribution in [3.63, 3.8) is 0 Å². The van der Waals surface area contributed by atoms with Crippen LogP contribution in [0.25, 0.3) is 0 Å². The Bertz CT molecular complexity index is 430. The molecule has 0 spiro atoms. The number of carbonyl (C=O) groups excluding carboxylic acids is 1. The predicted octanol–water partition coefficient (Wildman–Crippen LogP) is 4.20. The fourth-order valence-corrected chi connectivity index (χ4v) is 2.29. The first-order valence-electron chi connectivity index (χ1n) is 6.37. The van der Waals surface area contributed by atoms with Gasteiger partial charge in [-0.05, 0) is 31.1 Å². The molecule has 0 saturated heterocycles. The zero-order valence-corrected chi connectivity index (χ0v) is 13.3. The number of hydrogen-bond acceptors (Lipinski definition) is 2. The van der Waals surface area contributed by atoms with Gasteiger partial charge < -0.3 is 4.43 Å². The average molecular weight is 264 g/mol. The lowest BCUT2D eigenvalue weighted by Crippen LogP contribution is -2.42. The molecule has 0 fully saturated rings. The van der Waals surface area contributed by atoms with Crippen molar-refractivity contribution >= 4 is 14.1 Å². The van der Waals surface area contributed by atoms with Crippen molar-refractivity contribution in [1.82, 2.24) is 0 Å². The number of ketones is 1. The van der Waals surface area contributed by atoms with Crippen LogP contribution in [-0.2, 0) is 4.43 Å². The van der Waals surface area contributed by atoms with Crippen LogP contribution in [0.4, 0.5) is 0 Å². The van der Waals surface area contributed by atoms with Crippen LogP contribution in [0, 0.1) is 6.92 Å². The predicted molar refractivity (Wildman–Crippen MR) is 78.7 cm³/mol. The maximum absolute atomic E-state index is 12.1. The van der Waals surface area contributed by atoms with E-state index in [0.29, 0.717) is 0 Å². The van der Waals surface area contributed by atoms with E-state index in [1.165, 1.54) is 0 Å². The molecule has 0 heterocycles. The molecular weight excluding hydrogens is 240 g/mol. The zero-order chi connectivity index (χ0) is 14.0. The van der Waals surface area contributed by atoms with E-state index in [0.717, 1.165) is 11.1 Å². The van der Waals surface area contributed by atoms with Gasteiger partial charge in [0, 0.05) is 5.56 Å². The standard InChI is InChI=1S/C15H24O2Si/c1-12-8-7-9-13(10-12)14(16)11-17-18(5,6)15(2,3)4/h7-10H,11H2,1-6H3. The largest absolute Gasteiger partial charge is 0.409 e. The minimum absolute atomic E-state index is 0.0727. The Balaban J connectivity index is 2.68. The highest BCUT2D eigenvalue weighted by Crippen LogP contribution is 2.36. The number of carbonyl (C=O) groups is 1. The second-order valence-electron chi connectivity index (χ2n) is 6.34. The van der Waals surface area contributed by atoms with Crippen LogP contribution < -0.4 is 0 Å². The van der Waals surface area contributed by atoms with Crippen LogP contribution in [0.2, 0.25) is 18.1 Å². The summed E-state index contributed by atoms with van der Waals surface area (Å²) in [6.07, 6.45) is 0. The summed E-state index contributed by atoms with van der Waals surface area (Å²) in [6, 6.07) is 7.67. The van der Waals surface area contributed by atoms with Gasteiger partial charge in [-0.1, -0.05) is 44.5 Å². The van der Waals surface area contributed by atoms with Crippen molar-refractivity contribution in [3.8, 4) is 0 Å². The molecule has 2 nitrogen and oxygen atoms in total. The van der Waals surface area contributed by atoms with Gasteiger partial charge in [0.15, 0.2) is 14.1 Å².